The summed E-state index contributed by atoms with van der Waals surface area (Å²) in [6.45, 7) is 8.97. The molecule has 8 heteroatoms. The maximum absolute atomic E-state index is 12.7. The van der Waals surface area contributed by atoms with Crippen LogP contribution in [0.15, 0.2) is 46.9 Å². The zero-order valence-electron chi connectivity index (χ0n) is 15.5. The topological polar surface area (TPSA) is 81.3 Å². The summed E-state index contributed by atoms with van der Waals surface area (Å²) >= 11 is 1.31. The predicted octanol–water partition coefficient (Wildman–Crippen LogP) is 2.48. The average molecular weight is 385 g/mol. The van der Waals surface area contributed by atoms with E-state index in [1.807, 2.05) is 22.6 Å². The van der Waals surface area contributed by atoms with Gasteiger partial charge in [0.2, 0.25) is 11.7 Å². The van der Waals surface area contributed by atoms with Crippen LogP contribution in [0.2, 0.25) is 0 Å². The smallest absolute Gasteiger partial charge is 0.263 e. The van der Waals surface area contributed by atoms with Gasteiger partial charge >= 0.3 is 0 Å². The van der Waals surface area contributed by atoms with E-state index >= 15 is 0 Å². The highest BCUT2D eigenvalue weighted by Crippen LogP contribution is 2.21. The molecule has 0 unspecified atom stereocenters. The minimum Gasteiger partial charge on any atom is -0.355 e. The molecule has 0 bridgehead atoms. The molecular formula is C19H23N5O2S. The van der Waals surface area contributed by atoms with Crippen LogP contribution in [-0.4, -0.2) is 37.4 Å². The van der Waals surface area contributed by atoms with Gasteiger partial charge in [-0.2, -0.15) is 0 Å². The maximum atomic E-state index is 12.7. The molecule has 0 saturated heterocycles. The van der Waals surface area contributed by atoms with Crippen molar-refractivity contribution in [3.63, 3.8) is 0 Å². The normalized spacial score (nSPS) is 11.4. The quantitative estimate of drug-likeness (QED) is 0.476. The molecule has 7 nitrogen and oxygen atoms in total. The minimum absolute atomic E-state index is 0.0406. The Morgan fingerprint density at radius 3 is 2.85 bits per heavy atom. The molecule has 0 aliphatic rings. The highest BCUT2D eigenvalue weighted by molar-refractivity contribution is 7.99. The molecule has 0 saturated carbocycles. The number of aromatic nitrogens is 4. The average Bonchev–Trinajstić information content (AvgIpc) is 3.07. The Balaban J connectivity index is 1.92. The van der Waals surface area contributed by atoms with Crippen LogP contribution in [0.25, 0.3) is 16.7 Å². The number of para-hydroxylation sites is 1. The number of rotatable bonds is 8. The number of fused-ring (bicyclic) bond motifs is 3. The Hall–Kier alpha value is -2.61. The van der Waals surface area contributed by atoms with Gasteiger partial charge < -0.3 is 5.32 Å². The summed E-state index contributed by atoms with van der Waals surface area (Å²) in [6, 6.07) is 7.33. The molecule has 0 radical (unpaired) electrons. The van der Waals surface area contributed by atoms with E-state index in [0.717, 1.165) is 11.9 Å². The standard InChI is InChI=1S/C19H23N5O2S/c1-4-11-23-17(26)14-7-5-6-8-15(14)24-18(23)21-22-19(24)27-12-16(25)20-10-9-13(2)3/h4-8,13H,1,9-12H2,2-3H3,(H,20,25). The third-order valence-corrected chi connectivity index (χ3v) is 5.10. The van der Waals surface area contributed by atoms with Crippen molar-refractivity contribution in [2.45, 2.75) is 32.0 Å². The SMILES string of the molecule is C=CCn1c(=O)c2ccccc2n2c(SCC(=O)NCCC(C)C)nnc12. The van der Waals surface area contributed by atoms with Crippen molar-refractivity contribution in [1.29, 1.82) is 0 Å². The zero-order chi connectivity index (χ0) is 19.4. The van der Waals surface area contributed by atoms with E-state index in [1.165, 1.54) is 16.3 Å². The molecule has 142 valence electrons. The predicted molar refractivity (Wildman–Crippen MR) is 108 cm³/mol. The fourth-order valence-electron chi connectivity index (χ4n) is 2.80. The molecule has 1 N–H and O–H groups in total. The van der Waals surface area contributed by atoms with Crippen LogP contribution in [0.5, 0.6) is 0 Å². The first-order chi connectivity index (χ1) is 13.0. The lowest BCUT2D eigenvalue weighted by atomic mass is 10.1. The van der Waals surface area contributed by atoms with E-state index in [4.69, 9.17) is 0 Å². The first-order valence-electron chi connectivity index (χ1n) is 8.90. The fraction of sp³-hybridized carbons (Fsp3) is 0.368. The summed E-state index contributed by atoms with van der Waals surface area (Å²) in [5.74, 6) is 1.20. The number of carbonyl (C=O) groups excluding carboxylic acids is 1. The van der Waals surface area contributed by atoms with Crippen molar-refractivity contribution in [3.05, 3.63) is 47.3 Å². The van der Waals surface area contributed by atoms with Gasteiger partial charge in [-0.15, -0.1) is 16.8 Å². The minimum atomic E-state index is -0.131. The number of thioether (sulfide) groups is 1. The largest absolute Gasteiger partial charge is 0.355 e. The lowest BCUT2D eigenvalue weighted by Gasteiger charge is -2.10. The Labute approximate surface area is 161 Å². The van der Waals surface area contributed by atoms with Crippen molar-refractivity contribution in [1.82, 2.24) is 24.5 Å². The van der Waals surface area contributed by atoms with Crippen LogP contribution >= 0.6 is 11.8 Å². The van der Waals surface area contributed by atoms with Crippen LogP contribution in [0.4, 0.5) is 0 Å². The van der Waals surface area contributed by atoms with Crippen molar-refractivity contribution in [2.24, 2.45) is 5.92 Å². The number of allylic oxidation sites excluding steroid dienone is 1. The molecule has 0 spiro atoms. The van der Waals surface area contributed by atoms with Crippen LogP contribution in [-0.2, 0) is 11.3 Å². The van der Waals surface area contributed by atoms with E-state index in [0.29, 0.717) is 35.3 Å². The summed E-state index contributed by atoms with van der Waals surface area (Å²) in [4.78, 5) is 24.8. The molecule has 3 rings (SSSR count). The second kappa shape index (κ2) is 8.39. The van der Waals surface area contributed by atoms with Gasteiger partial charge in [0.15, 0.2) is 5.16 Å². The van der Waals surface area contributed by atoms with Gasteiger partial charge in [0.25, 0.3) is 5.56 Å². The van der Waals surface area contributed by atoms with E-state index < -0.39 is 0 Å². The molecule has 2 aromatic heterocycles. The molecule has 27 heavy (non-hydrogen) atoms. The maximum Gasteiger partial charge on any atom is 0.263 e. The highest BCUT2D eigenvalue weighted by atomic mass is 32.2. The summed E-state index contributed by atoms with van der Waals surface area (Å²) in [7, 11) is 0. The molecule has 0 aliphatic heterocycles. The Kier molecular flexibility index (Phi) is 5.95. The van der Waals surface area contributed by atoms with Crippen LogP contribution in [0, 0.1) is 5.92 Å². The Morgan fingerprint density at radius 2 is 2.11 bits per heavy atom. The van der Waals surface area contributed by atoms with Crippen molar-refractivity contribution >= 4 is 34.3 Å². The lowest BCUT2D eigenvalue weighted by Crippen LogP contribution is -2.27. The summed E-state index contributed by atoms with van der Waals surface area (Å²) in [6.07, 6.45) is 2.60. The summed E-state index contributed by atoms with van der Waals surface area (Å²) in [5.41, 5.74) is 0.596. The number of nitrogens with one attached hydrogen (secondary N) is 1. The van der Waals surface area contributed by atoms with E-state index in [9.17, 15) is 9.59 Å². The summed E-state index contributed by atoms with van der Waals surface area (Å²) in [5, 5.41) is 12.5. The second-order valence-corrected chi connectivity index (χ2v) is 7.60. The Morgan fingerprint density at radius 1 is 1.33 bits per heavy atom. The van der Waals surface area contributed by atoms with E-state index in [1.54, 1.807) is 12.1 Å². The monoisotopic (exact) mass is 385 g/mol. The number of nitrogens with zero attached hydrogens (tertiary/aromatic N) is 4. The van der Waals surface area contributed by atoms with E-state index in [2.05, 4.69) is 35.9 Å². The van der Waals surface area contributed by atoms with Crippen molar-refractivity contribution in [3.8, 4) is 0 Å². The lowest BCUT2D eigenvalue weighted by molar-refractivity contribution is -0.118. The highest BCUT2D eigenvalue weighted by Gasteiger charge is 2.16. The van der Waals surface area contributed by atoms with E-state index in [-0.39, 0.29) is 17.2 Å². The number of hydrogen-bond donors (Lipinski definition) is 1. The first kappa shape index (κ1) is 19.2. The van der Waals surface area contributed by atoms with Gasteiger partial charge in [0.05, 0.1) is 16.7 Å². The second-order valence-electron chi connectivity index (χ2n) is 6.66. The third-order valence-electron chi connectivity index (χ3n) is 4.17. The van der Waals surface area contributed by atoms with Crippen molar-refractivity contribution < 1.29 is 4.79 Å². The van der Waals surface area contributed by atoms with Crippen LogP contribution in [0.1, 0.15) is 20.3 Å². The molecule has 0 fully saturated rings. The molecule has 1 aromatic carbocycles. The summed E-state index contributed by atoms with van der Waals surface area (Å²) < 4.78 is 3.36. The van der Waals surface area contributed by atoms with Crippen LogP contribution < -0.4 is 10.9 Å². The van der Waals surface area contributed by atoms with Gasteiger partial charge in [0.1, 0.15) is 0 Å². The van der Waals surface area contributed by atoms with Gasteiger partial charge in [-0.1, -0.05) is 43.8 Å². The van der Waals surface area contributed by atoms with Gasteiger partial charge in [-0.05, 0) is 24.5 Å². The van der Waals surface area contributed by atoms with Crippen molar-refractivity contribution in [2.75, 3.05) is 12.3 Å². The molecule has 0 atom stereocenters. The molecule has 1 amide bonds. The van der Waals surface area contributed by atoms with Gasteiger partial charge in [0, 0.05) is 13.1 Å². The first-order valence-corrected chi connectivity index (χ1v) is 9.88. The van der Waals surface area contributed by atoms with Gasteiger partial charge in [-0.25, -0.2) is 0 Å². The number of carbonyl (C=O) groups is 1. The number of benzene rings is 1. The third kappa shape index (κ3) is 4.05. The Bertz CT molecular complexity index is 1040. The molecule has 3 aromatic rings. The zero-order valence-corrected chi connectivity index (χ0v) is 16.3. The van der Waals surface area contributed by atoms with Crippen LogP contribution in [0.3, 0.4) is 0 Å². The van der Waals surface area contributed by atoms with Gasteiger partial charge in [-0.3, -0.25) is 18.6 Å². The molecule has 0 aliphatic carbocycles. The molecular weight excluding hydrogens is 362 g/mol. The molecule has 2 heterocycles. The fourth-order valence-corrected chi connectivity index (χ4v) is 3.57. The number of hydrogen-bond acceptors (Lipinski definition) is 5. The number of amides is 1.